The number of carbonyl (C=O) groups excluding carboxylic acids is 2. The average Bonchev–Trinajstić information content (AvgIpc) is 3.01. The Labute approximate surface area is 169 Å². The number of methoxy groups -OCH3 is 1. The second-order valence-electron chi connectivity index (χ2n) is 7.00. The quantitative estimate of drug-likeness (QED) is 0.325. The van der Waals surface area contributed by atoms with E-state index < -0.39 is 19.7 Å². The summed E-state index contributed by atoms with van der Waals surface area (Å²) < 4.78 is 21.5. The number of hydrogen-bond acceptors (Lipinski definition) is 6. The van der Waals surface area contributed by atoms with Crippen molar-refractivity contribution in [3.8, 4) is 11.5 Å². The van der Waals surface area contributed by atoms with Gasteiger partial charge in [0.2, 0.25) is 5.91 Å². The molecular weight excluding hydrogens is 401 g/mol. The lowest BCUT2D eigenvalue weighted by Crippen LogP contribution is -2.33. The lowest BCUT2D eigenvalue weighted by Gasteiger charge is -2.22. The first kappa shape index (κ1) is 22.9. The van der Waals surface area contributed by atoms with Crippen LogP contribution in [0.4, 0.5) is 0 Å². The summed E-state index contributed by atoms with van der Waals surface area (Å²) in [5.41, 5.74) is 2.67. The van der Waals surface area contributed by atoms with E-state index in [1.807, 2.05) is 0 Å². The number of cyclic esters (lactones) is 1. The Kier molecular flexibility index (Phi) is 7.11. The maximum atomic E-state index is 12.0. The molecule has 0 fully saturated rings. The van der Waals surface area contributed by atoms with Crippen LogP contribution in [-0.2, 0) is 27.1 Å². The zero-order valence-corrected chi connectivity index (χ0v) is 17.8. The molecule has 0 atom stereocenters. The molecule has 29 heavy (non-hydrogen) atoms. The van der Waals surface area contributed by atoms with Gasteiger partial charge in [0.1, 0.15) is 23.7 Å². The van der Waals surface area contributed by atoms with Gasteiger partial charge in [0, 0.05) is 31.1 Å². The van der Waals surface area contributed by atoms with E-state index in [1.54, 1.807) is 19.9 Å². The first-order valence-electron chi connectivity index (χ1n) is 9.00. The van der Waals surface area contributed by atoms with Gasteiger partial charge < -0.3 is 29.3 Å². The molecule has 9 nitrogen and oxygen atoms in total. The van der Waals surface area contributed by atoms with Crippen LogP contribution in [0, 0.1) is 6.92 Å². The van der Waals surface area contributed by atoms with E-state index in [4.69, 9.17) is 19.3 Å². The van der Waals surface area contributed by atoms with E-state index in [0.717, 1.165) is 11.1 Å². The molecule has 0 saturated heterocycles. The molecule has 3 N–H and O–H groups in total. The largest absolute Gasteiger partial charge is 0.507 e. The summed E-state index contributed by atoms with van der Waals surface area (Å²) >= 11 is 0. The van der Waals surface area contributed by atoms with Gasteiger partial charge in [-0.1, -0.05) is 11.6 Å². The third-order valence-electron chi connectivity index (χ3n) is 4.85. The Balaban J connectivity index is 2.25. The molecule has 1 heterocycles. The first-order valence-corrected chi connectivity index (χ1v) is 10.8. The van der Waals surface area contributed by atoms with Crippen LogP contribution in [0.25, 0.3) is 0 Å². The second kappa shape index (κ2) is 8.98. The zero-order valence-electron chi connectivity index (χ0n) is 16.9. The van der Waals surface area contributed by atoms with Gasteiger partial charge in [0.05, 0.1) is 13.3 Å². The minimum Gasteiger partial charge on any atom is -0.507 e. The number of allylic oxidation sites excluding steroid dienone is 1. The summed E-state index contributed by atoms with van der Waals surface area (Å²) in [5.74, 6) is -0.597. The normalized spacial score (nSPS) is 13.9. The number of fused-ring (bicyclic) bond motifs is 1. The van der Waals surface area contributed by atoms with Gasteiger partial charge in [-0.15, -0.1) is 0 Å². The number of aromatic hydroxyl groups is 1. The number of esters is 1. The number of amides is 1. The van der Waals surface area contributed by atoms with Crippen LogP contribution < -0.4 is 4.74 Å². The fourth-order valence-electron chi connectivity index (χ4n) is 3.27. The maximum absolute atomic E-state index is 12.0. The Morgan fingerprint density at radius 3 is 2.55 bits per heavy atom. The number of nitrogens with zero attached hydrogens (tertiary/aromatic N) is 1. The third kappa shape index (κ3) is 5.38. The molecule has 0 unspecified atom stereocenters. The van der Waals surface area contributed by atoms with Crippen molar-refractivity contribution >= 4 is 19.5 Å². The van der Waals surface area contributed by atoms with Crippen LogP contribution in [0.1, 0.15) is 40.9 Å². The molecule has 0 aliphatic carbocycles. The number of hydrogen-bond donors (Lipinski definition) is 3. The first-order chi connectivity index (χ1) is 13.5. The van der Waals surface area contributed by atoms with Gasteiger partial charge in [-0.2, -0.15) is 0 Å². The van der Waals surface area contributed by atoms with Crippen LogP contribution in [0.5, 0.6) is 11.5 Å². The van der Waals surface area contributed by atoms with E-state index in [-0.39, 0.29) is 43.3 Å². The predicted octanol–water partition coefficient (Wildman–Crippen LogP) is 1.89. The van der Waals surface area contributed by atoms with Gasteiger partial charge in [-0.3, -0.25) is 9.36 Å². The number of carbonyl (C=O) groups is 2. The minimum atomic E-state index is -4.21. The molecule has 1 aromatic rings. The van der Waals surface area contributed by atoms with Crippen LogP contribution in [-0.4, -0.2) is 58.0 Å². The Bertz CT molecular complexity index is 902. The van der Waals surface area contributed by atoms with Crippen molar-refractivity contribution in [2.45, 2.75) is 33.8 Å². The van der Waals surface area contributed by atoms with Crippen molar-refractivity contribution in [2.75, 3.05) is 26.4 Å². The number of benzene rings is 1. The average molecular weight is 427 g/mol. The monoisotopic (exact) mass is 427 g/mol. The fraction of sp³-hybridized carbons (Fsp3) is 0.474. The topological polar surface area (TPSA) is 134 Å². The SMILES string of the molecule is COc1c(C)c2c(c(O)c1CC=C(C)CN(CCP(=O)(O)O)C(C)=O)C(=O)OC2. The molecule has 0 radical (unpaired) electrons. The highest BCUT2D eigenvalue weighted by molar-refractivity contribution is 7.51. The third-order valence-corrected chi connectivity index (χ3v) is 5.63. The van der Waals surface area contributed by atoms with E-state index in [0.29, 0.717) is 16.9 Å². The van der Waals surface area contributed by atoms with E-state index >= 15 is 0 Å². The summed E-state index contributed by atoms with van der Waals surface area (Å²) in [6.07, 6.45) is 1.60. The highest BCUT2D eigenvalue weighted by atomic mass is 31.2. The number of phenolic OH excluding ortho intramolecular Hbond substituents is 1. The highest BCUT2D eigenvalue weighted by Crippen LogP contribution is 2.42. The summed E-state index contributed by atoms with van der Waals surface area (Å²) in [5, 5.41) is 10.6. The highest BCUT2D eigenvalue weighted by Gasteiger charge is 2.31. The lowest BCUT2D eigenvalue weighted by atomic mass is 9.95. The van der Waals surface area contributed by atoms with Crippen molar-refractivity contribution in [3.63, 3.8) is 0 Å². The molecule has 10 heteroatoms. The van der Waals surface area contributed by atoms with Crippen molar-refractivity contribution in [1.82, 2.24) is 4.90 Å². The molecule has 160 valence electrons. The van der Waals surface area contributed by atoms with Gasteiger partial charge in [0.15, 0.2) is 0 Å². The van der Waals surface area contributed by atoms with Crippen molar-refractivity contribution < 1.29 is 38.5 Å². The van der Waals surface area contributed by atoms with Crippen LogP contribution in [0.2, 0.25) is 0 Å². The Hall–Kier alpha value is -2.35. The molecule has 0 aromatic heterocycles. The second-order valence-corrected chi connectivity index (χ2v) is 8.78. The summed E-state index contributed by atoms with van der Waals surface area (Å²) in [6.45, 7) is 5.10. The summed E-state index contributed by atoms with van der Waals surface area (Å²) in [4.78, 5) is 43.1. The van der Waals surface area contributed by atoms with Gasteiger partial charge in [-0.05, 0) is 25.8 Å². The number of rotatable bonds is 8. The molecule has 0 bridgehead atoms. The fourth-order valence-corrected chi connectivity index (χ4v) is 3.77. The summed E-state index contributed by atoms with van der Waals surface area (Å²) in [6, 6.07) is 0. The summed E-state index contributed by atoms with van der Waals surface area (Å²) in [7, 11) is -2.73. The van der Waals surface area contributed by atoms with E-state index in [1.165, 1.54) is 18.9 Å². The standard InChI is InChI=1S/C19H26NO8P/c1-11(9-20(13(3)21)7-8-29(24,25)26)5-6-14-17(22)16-15(10-28-19(16)23)12(2)18(14)27-4/h5,22H,6-10H2,1-4H3,(H2,24,25,26). The van der Waals surface area contributed by atoms with Crippen LogP contribution >= 0.6 is 7.60 Å². The predicted molar refractivity (Wildman–Crippen MR) is 105 cm³/mol. The molecule has 2 rings (SSSR count). The van der Waals surface area contributed by atoms with Gasteiger partial charge >= 0.3 is 13.6 Å². The zero-order chi connectivity index (χ0) is 21.9. The van der Waals surface area contributed by atoms with Crippen LogP contribution in [0.3, 0.4) is 0 Å². The van der Waals surface area contributed by atoms with Crippen molar-refractivity contribution in [3.05, 3.63) is 33.9 Å². The number of phenols is 1. The molecular formula is C19H26NO8P. The lowest BCUT2D eigenvalue weighted by molar-refractivity contribution is -0.128. The van der Waals surface area contributed by atoms with E-state index in [9.17, 15) is 19.3 Å². The Morgan fingerprint density at radius 2 is 2.00 bits per heavy atom. The smallest absolute Gasteiger partial charge is 0.342 e. The Morgan fingerprint density at radius 1 is 1.34 bits per heavy atom. The molecule has 1 aliphatic rings. The molecule has 1 amide bonds. The van der Waals surface area contributed by atoms with Crippen molar-refractivity contribution in [1.29, 1.82) is 0 Å². The van der Waals surface area contributed by atoms with Crippen molar-refractivity contribution in [2.24, 2.45) is 0 Å². The molecule has 0 spiro atoms. The van der Waals surface area contributed by atoms with Crippen LogP contribution in [0.15, 0.2) is 11.6 Å². The maximum Gasteiger partial charge on any atom is 0.342 e. The van der Waals surface area contributed by atoms with Gasteiger partial charge in [0.25, 0.3) is 0 Å². The van der Waals surface area contributed by atoms with Gasteiger partial charge in [-0.25, -0.2) is 4.79 Å². The molecule has 1 aliphatic heterocycles. The van der Waals surface area contributed by atoms with E-state index in [2.05, 4.69) is 0 Å². The molecule has 0 saturated carbocycles. The number of ether oxygens (including phenoxy) is 2. The minimum absolute atomic E-state index is 0.0663. The molecule has 1 aromatic carbocycles.